The van der Waals surface area contributed by atoms with Gasteiger partial charge in [-0.1, -0.05) is 66.5 Å². The van der Waals surface area contributed by atoms with Gasteiger partial charge in [-0.2, -0.15) is 0 Å². The van der Waals surface area contributed by atoms with E-state index in [4.69, 9.17) is 70.0 Å². The van der Waals surface area contributed by atoms with Crippen molar-refractivity contribution in [1.29, 1.82) is 0 Å². The average Bonchev–Trinajstić information content (AvgIpc) is 3.30. The molecule has 0 aromatic heterocycles. The molecule has 10 N–H and O–H groups in total. The normalized spacial score (nSPS) is 9.61. The fourth-order valence-electron chi connectivity index (χ4n) is 2.35. The summed E-state index contributed by atoms with van der Waals surface area (Å²) in [5, 5.41) is 83.5. The molecule has 0 atom stereocenters. The predicted molar refractivity (Wildman–Crippen MR) is 245 cm³/mol. The third-order valence-corrected chi connectivity index (χ3v) is 7.72. The Hall–Kier alpha value is -6.56. The number of aliphatic hydroxyl groups is 6. The zero-order valence-corrected chi connectivity index (χ0v) is 39.3. The van der Waals surface area contributed by atoms with Gasteiger partial charge in [-0.05, 0) is 40.5 Å². The molecule has 0 aliphatic rings. The van der Waals surface area contributed by atoms with Crippen LogP contribution in [0.15, 0.2) is 99.2 Å². The second-order valence-corrected chi connectivity index (χ2v) is 13.7. The van der Waals surface area contributed by atoms with E-state index in [1.165, 1.54) is 27.7 Å². The second-order valence-electron chi connectivity index (χ2n) is 13.7. The number of carboxylic acids is 4. The zero-order chi connectivity index (χ0) is 54.6. The van der Waals surface area contributed by atoms with Crippen molar-refractivity contribution in [2.75, 3.05) is 66.1 Å². The van der Waals surface area contributed by atoms with Crippen molar-refractivity contribution in [2.45, 2.75) is 54.4 Å². The van der Waals surface area contributed by atoms with Gasteiger partial charge in [-0.15, -0.1) is 0 Å². The second kappa shape index (κ2) is 44.6. The molecule has 22 heteroatoms. The highest BCUT2D eigenvalue weighted by molar-refractivity contribution is 5.86. The molecule has 67 heavy (non-hydrogen) atoms. The summed E-state index contributed by atoms with van der Waals surface area (Å²) in [6.07, 6.45) is 4.88. The quantitative estimate of drug-likeness (QED) is 0.0376. The van der Waals surface area contributed by atoms with Crippen molar-refractivity contribution in [1.82, 2.24) is 0 Å². The van der Waals surface area contributed by atoms with Crippen molar-refractivity contribution in [3.8, 4) is 0 Å². The third-order valence-electron chi connectivity index (χ3n) is 7.72. The highest BCUT2D eigenvalue weighted by Crippen LogP contribution is 2.22. The fourth-order valence-corrected chi connectivity index (χ4v) is 2.35. The number of esters is 4. The maximum Gasteiger partial charge on any atom is 0.330 e. The Bertz CT molecular complexity index is 1310. The fraction of sp³-hybridized carbons (Fsp3) is 0.467. The topological polar surface area (TPSA) is 376 Å². The van der Waals surface area contributed by atoms with Gasteiger partial charge in [-0.3, -0.25) is 0 Å². The lowest BCUT2D eigenvalue weighted by atomic mass is 9.88. The first-order valence-corrected chi connectivity index (χ1v) is 19.3. The van der Waals surface area contributed by atoms with Crippen LogP contribution in [0.4, 0.5) is 0 Å². The van der Waals surface area contributed by atoms with Gasteiger partial charge < -0.3 is 70.0 Å². The van der Waals surface area contributed by atoms with Gasteiger partial charge in [0.05, 0.1) is 39.6 Å². The average molecular weight is 965 g/mol. The maximum atomic E-state index is 11.3. The molecular formula is C45H72O22. The van der Waals surface area contributed by atoms with Crippen LogP contribution in [0.2, 0.25) is 0 Å². The Kier molecular flexibility index (Phi) is 49.8. The molecule has 0 saturated carbocycles. The van der Waals surface area contributed by atoms with Gasteiger partial charge in [0.15, 0.2) is 0 Å². The maximum absolute atomic E-state index is 11.3. The molecule has 0 radical (unpaired) electrons. The standard InChI is InChI=1S/C17H20O8.2C6H14O3.4C4H6O2/c1-5-13(18)22-9-17(10-23-14(19)6-2,11-24-15(20)7-3)12-25-16(21)8-4;2*1-2-6(3-7,4-8)5-9;4*1-3(2)4(5)6/h5-8H,1-4,9-12H2;2*7-9H,2-5H2,1H3;4*1H2,2H3,(H,5,6). The number of carbonyl (C=O) groups excluding carboxylic acids is 4. The van der Waals surface area contributed by atoms with Crippen LogP contribution in [0.1, 0.15) is 54.4 Å². The molecule has 0 bridgehead atoms. The molecule has 0 saturated heterocycles. The zero-order valence-electron chi connectivity index (χ0n) is 39.3. The van der Waals surface area contributed by atoms with Crippen LogP contribution < -0.4 is 0 Å². The van der Waals surface area contributed by atoms with Gasteiger partial charge in [-0.25, -0.2) is 38.4 Å². The first-order chi connectivity index (χ1) is 30.9. The Balaban J connectivity index is -0.000000141. The van der Waals surface area contributed by atoms with Gasteiger partial charge in [0.25, 0.3) is 0 Å². The summed E-state index contributed by atoms with van der Waals surface area (Å²) in [6, 6.07) is 0. The summed E-state index contributed by atoms with van der Waals surface area (Å²) in [5.74, 6) is -6.78. The van der Waals surface area contributed by atoms with Gasteiger partial charge in [0.1, 0.15) is 31.8 Å². The van der Waals surface area contributed by atoms with E-state index in [2.05, 4.69) is 52.6 Å². The van der Waals surface area contributed by atoms with Crippen LogP contribution in [0.25, 0.3) is 0 Å². The molecular weight excluding hydrogens is 892 g/mol. The van der Waals surface area contributed by atoms with Gasteiger partial charge in [0.2, 0.25) is 0 Å². The number of aliphatic carboxylic acids is 4. The minimum Gasteiger partial charge on any atom is -0.478 e. The van der Waals surface area contributed by atoms with E-state index in [1.54, 1.807) is 0 Å². The monoisotopic (exact) mass is 964 g/mol. The van der Waals surface area contributed by atoms with Crippen molar-refractivity contribution < 1.29 is 108 Å². The summed E-state index contributed by atoms with van der Waals surface area (Å²) in [5.41, 5.74) is -1.97. The highest BCUT2D eigenvalue weighted by Gasteiger charge is 2.37. The van der Waals surface area contributed by atoms with E-state index in [1.807, 2.05) is 13.8 Å². The van der Waals surface area contributed by atoms with Crippen molar-refractivity contribution in [3.63, 3.8) is 0 Å². The summed E-state index contributed by atoms with van der Waals surface area (Å²) >= 11 is 0. The molecule has 384 valence electrons. The lowest BCUT2D eigenvalue weighted by molar-refractivity contribution is -0.164. The molecule has 0 fully saturated rings. The smallest absolute Gasteiger partial charge is 0.330 e. The van der Waals surface area contributed by atoms with Crippen LogP contribution in [0.5, 0.6) is 0 Å². The van der Waals surface area contributed by atoms with Crippen molar-refractivity contribution in [2.24, 2.45) is 16.2 Å². The molecule has 0 unspecified atom stereocenters. The van der Waals surface area contributed by atoms with E-state index < -0.39 is 64.0 Å². The Labute approximate surface area is 391 Å². The lowest BCUT2D eigenvalue weighted by Gasteiger charge is -2.31. The van der Waals surface area contributed by atoms with Crippen LogP contribution in [0, 0.1) is 16.2 Å². The summed E-state index contributed by atoms with van der Waals surface area (Å²) in [7, 11) is 0. The molecule has 22 nitrogen and oxygen atoms in total. The number of aliphatic hydroxyl groups excluding tert-OH is 6. The van der Waals surface area contributed by atoms with Crippen LogP contribution in [-0.4, -0.2) is 165 Å². The van der Waals surface area contributed by atoms with E-state index in [9.17, 15) is 38.4 Å². The number of hydrogen-bond donors (Lipinski definition) is 10. The SMILES string of the molecule is C=C(C)C(=O)O.C=C(C)C(=O)O.C=C(C)C(=O)O.C=C(C)C(=O)O.C=CC(=O)OCC(COC(=O)C=C)(COC(=O)C=C)COC(=O)C=C.CCC(CO)(CO)CO.CCC(CO)(CO)CO. The predicted octanol–water partition coefficient (Wildman–Crippen LogP) is 2.20. The van der Waals surface area contributed by atoms with Crippen molar-refractivity contribution in [3.05, 3.63) is 99.2 Å². The van der Waals surface area contributed by atoms with Crippen LogP contribution in [-0.2, 0) is 57.3 Å². The Morgan fingerprint density at radius 3 is 0.567 bits per heavy atom. The van der Waals surface area contributed by atoms with Gasteiger partial charge in [0, 0.05) is 57.4 Å². The number of ether oxygens (including phenoxy) is 4. The third kappa shape index (κ3) is 45.8. The minimum atomic E-state index is -1.34. The van der Waals surface area contributed by atoms with Crippen LogP contribution >= 0.6 is 0 Å². The molecule has 0 aliphatic carbocycles. The van der Waals surface area contributed by atoms with Crippen LogP contribution in [0.3, 0.4) is 0 Å². The summed E-state index contributed by atoms with van der Waals surface area (Å²) < 4.78 is 19.8. The van der Waals surface area contributed by atoms with Crippen molar-refractivity contribution >= 4 is 47.8 Å². The molecule has 0 spiro atoms. The van der Waals surface area contributed by atoms with Gasteiger partial charge >= 0.3 is 47.8 Å². The highest BCUT2D eigenvalue weighted by atomic mass is 16.6. The number of rotatable bonds is 24. The molecule has 0 aliphatic heterocycles. The molecule has 0 rings (SSSR count). The minimum absolute atomic E-state index is 0.156. The molecule has 0 aromatic rings. The van der Waals surface area contributed by atoms with E-state index >= 15 is 0 Å². The number of carboxylic acid groups (broad SMARTS) is 4. The first kappa shape index (κ1) is 74.8. The summed E-state index contributed by atoms with van der Waals surface area (Å²) in [6.45, 7) is 32.6. The van der Waals surface area contributed by atoms with E-state index in [0.717, 1.165) is 24.3 Å². The Morgan fingerprint density at radius 1 is 0.373 bits per heavy atom. The van der Waals surface area contributed by atoms with E-state index in [0.29, 0.717) is 12.8 Å². The summed E-state index contributed by atoms with van der Waals surface area (Å²) in [4.78, 5) is 83.7. The number of hydrogen-bond acceptors (Lipinski definition) is 18. The molecule has 0 aromatic carbocycles. The Morgan fingerprint density at radius 2 is 0.507 bits per heavy atom. The largest absolute Gasteiger partial charge is 0.478 e. The lowest BCUT2D eigenvalue weighted by Crippen LogP contribution is -2.43. The number of carbonyl (C=O) groups is 8. The van der Waals surface area contributed by atoms with E-state index in [-0.39, 0.29) is 88.4 Å². The molecule has 0 heterocycles. The molecule has 0 amide bonds. The first-order valence-electron chi connectivity index (χ1n) is 19.3.